The molecule has 0 saturated carbocycles. The summed E-state index contributed by atoms with van der Waals surface area (Å²) in [6.07, 6.45) is 4.69. The maximum absolute atomic E-state index is 12.2. The summed E-state index contributed by atoms with van der Waals surface area (Å²) in [6.45, 7) is 4.60. The van der Waals surface area contributed by atoms with Crippen molar-refractivity contribution in [3.63, 3.8) is 0 Å². The standard InChI is InChI=1S/C14H24N4O2/c1-14(2,9-15)13(20)17-11-4-3-5-12-10(11)8-16-18(12)6-7-19/h8,11,19H,3-7,9,15H2,1-2H3,(H,17,20). The van der Waals surface area contributed by atoms with E-state index >= 15 is 0 Å². The molecule has 6 heteroatoms. The van der Waals surface area contributed by atoms with Gasteiger partial charge in [0.1, 0.15) is 0 Å². The number of hydrogen-bond acceptors (Lipinski definition) is 4. The first-order valence-corrected chi connectivity index (χ1v) is 7.16. The van der Waals surface area contributed by atoms with E-state index < -0.39 is 5.41 Å². The minimum Gasteiger partial charge on any atom is -0.394 e. The second-order valence-electron chi connectivity index (χ2n) is 6.00. The summed E-state index contributed by atoms with van der Waals surface area (Å²) in [4.78, 5) is 12.2. The predicted octanol–water partition coefficient (Wildman–Crippen LogP) is 0.354. The lowest BCUT2D eigenvalue weighted by atomic mass is 9.89. The van der Waals surface area contributed by atoms with Gasteiger partial charge in [0.25, 0.3) is 0 Å². The number of amides is 1. The van der Waals surface area contributed by atoms with E-state index in [2.05, 4.69) is 10.4 Å². The van der Waals surface area contributed by atoms with Crippen LogP contribution >= 0.6 is 0 Å². The molecule has 0 aliphatic heterocycles. The summed E-state index contributed by atoms with van der Waals surface area (Å²) in [5.74, 6) is -0.0206. The summed E-state index contributed by atoms with van der Waals surface area (Å²) in [5.41, 5.74) is 7.29. The molecule has 0 aromatic carbocycles. The van der Waals surface area contributed by atoms with Crippen LogP contribution in [0.3, 0.4) is 0 Å². The monoisotopic (exact) mass is 280 g/mol. The van der Waals surface area contributed by atoms with Gasteiger partial charge in [0.15, 0.2) is 0 Å². The second kappa shape index (κ2) is 5.93. The van der Waals surface area contributed by atoms with Crippen molar-refractivity contribution in [1.82, 2.24) is 15.1 Å². The third-order valence-corrected chi connectivity index (χ3v) is 4.00. The van der Waals surface area contributed by atoms with E-state index in [0.29, 0.717) is 13.1 Å². The fourth-order valence-electron chi connectivity index (χ4n) is 2.50. The van der Waals surface area contributed by atoms with Crippen LogP contribution in [-0.2, 0) is 17.8 Å². The Balaban J connectivity index is 2.15. The van der Waals surface area contributed by atoms with Crippen molar-refractivity contribution in [3.05, 3.63) is 17.5 Å². The molecule has 1 amide bonds. The number of aromatic nitrogens is 2. The Bertz CT molecular complexity index is 482. The molecule has 0 spiro atoms. The van der Waals surface area contributed by atoms with Crippen LogP contribution in [0.1, 0.15) is 44.0 Å². The number of nitrogens with zero attached hydrogens (tertiary/aromatic N) is 2. The zero-order valence-electron chi connectivity index (χ0n) is 12.2. The van der Waals surface area contributed by atoms with Gasteiger partial charge in [-0.15, -0.1) is 0 Å². The molecule has 1 unspecified atom stereocenters. The first-order chi connectivity index (χ1) is 9.49. The van der Waals surface area contributed by atoms with Crippen LogP contribution in [0.2, 0.25) is 0 Å². The highest BCUT2D eigenvalue weighted by Gasteiger charge is 2.31. The van der Waals surface area contributed by atoms with Crippen LogP contribution in [0, 0.1) is 5.41 Å². The Morgan fingerprint density at radius 3 is 3.05 bits per heavy atom. The van der Waals surface area contributed by atoms with Crippen LogP contribution in [0.15, 0.2) is 6.20 Å². The van der Waals surface area contributed by atoms with Crippen molar-refractivity contribution < 1.29 is 9.90 Å². The second-order valence-corrected chi connectivity index (χ2v) is 6.00. The molecule has 1 heterocycles. The number of aliphatic hydroxyl groups excluding tert-OH is 1. The summed E-state index contributed by atoms with van der Waals surface area (Å²) in [7, 11) is 0. The third kappa shape index (κ3) is 2.86. The van der Waals surface area contributed by atoms with Gasteiger partial charge in [-0.05, 0) is 33.1 Å². The maximum atomic E-state index is 12.2. The molecule has 0 fully saturated rings. The quantitative estimate of drug-likeness (QED) is 0.725. The van der Waals surface area contributed by atoms with Gasteiger partial charge < -0.3 is 16.2 Å². The number of rotatable bonds is 5. The molecule has 0 bridgehead atoms. The molecular weight excluding hydrogens is 256 g/mol. The average molecular weight is 280 g/mol. The van der Waals surface area contributed by atoms with Gasteiger partial charge in [-0.3, -0.25) is 9.48 Å². The zero-order valence-corrected chi connectivity index (χ0v) is 12.2. The molecule has 1 aliphatic carbocycles. The molecule has 1 aliphatic rings. The summed E-state index contributed by atoms with van der Waals surface area (Å²) in [5, 5.41) is 16.4. The van der Waals surface area contributed by atoms with E-state index in [1.165, 1.54) is 0 Å². The van der Waals surface area contributed by atoms with Crippen LogP contribution in [0.4, 0.5) is 0 Å². The minimum atomic E-state index is -0.557. The van der Waals surface area contributed by atoms with Gasteiger partial charge in [0.05, 0.1) is 30.8 Å². The number of hydrogen-bond donors (Lipinski definition) is 3. The fraction of sp³-hybridized carbons (Fsp3) is 0.714. The molecule has 1 atom stereocenters. The summed E-state index contributed by atoms with van der Waals surface area (Å²) >= 11 is 0. The van der Waals surface area contributed by atoms with Gasteiger partial charge >= 0.3 is 0 Å². The molecule has 112 valence electrons. The van der Waals surface area contributed by atoms with Gasteiger partial charge in [-0.25, -0.2) is 0 Å². The number of aliphatic hydroxyl groups is 1. The van der Waals surface area contributed by atoms with Crippen LogP contribution < -0.4 is 11.1 Å². The molecule has 1 aromatic rings. The first-order valence-electron chi connectivity index (χ1n) is 7.16. The molecule has 6 nitrogen and oxygen atoms in total. The number of fused-ring (bicyclic) bond motifs is 1. The lowest BCUT2D eigenvalue weighted by Crippen LogP contribution is -2.43. The lowest BCUT2D eigenvalue weighted by molar-refractivity contribution is -0.129. The average Bonchev–Trinajstić information content (AvgIpc) is 2.84. The molecule has 2 rings (SSSR count). The SMILES string of the molecule is CC(C)(CN)C(=O)NC1CCCc2c1cnn2CCO. The number of nitrogens with one attached hydrogen (secondary N) is 1. The summed E-state index contributed by atoms with van der Waals surface area (Å²) in [6, 6.07) is 0.00418. The van der Waals surface area contributed by atoms with Crippen molar-refractivity contribution >= 4 is 5.91 Å². The van der Waals surface area contributed by atoms with E-state index in [4.69, 9.17) is 10.8 Å². The largest absolute Gasteiger partial charge is 0.394 e. The topological polar surface area (TPSA) is 93.2 Å². The van der Waals surface area contributed by atoms with E-state index in [1.54, 1.807) is 0 Å². The van der Waals surface area contributed by atoms with Crippen molar-refractivity contribution in [2.75, 3.05) is 13.2 Å². The Labute approximate surface area is 119 Å². The molecule has 20 heavy (non-hydrogen) atoms. The zero-order chi connectivity index (χ0) is 14.8. The number of nitrogens with two attached hydrogens (primary N) is 1. The van der Waals surface area contributed by atoms with Crippen molar-refractivity contribution in [2.45, 2.75) is 45.7 Å². The smallest absolute Gasteiger partial charge is 0.227 e. The highest BCUT2D eigenvalue weighted by molar-refractivity contribution is 5.82. The molecule has 1 aromatic heterocycles. The highest BCUT2D eigenvalue weighted by Crippen LogP contribution is 2.30. The predicted molar refractivity (Wildman–Crippen MR) is 76.0 cm³/mol. The van der Waals surface area contributed by atoms with Gasteiger partial charge in [-0.2, -0.15) is 5.10 Å². The Kier molecular flexibility index (Phi) is 4.45. The summed E-state index contributed by atoms with van der Waals surface area (Å²) < 4.78 is 1.84. The molecule has 0 saturated heterocycles. The van der Waals surface area contributed by atoms with E-state index in [9.17, 15) is 4.79 Å². The Morgan fingerprint density at radius 1 is 1.65 bits per heavy atom. The van der Waals surface area contributed by atoms with Gasteiger partial charge in [0.2, 0.25) is 5.91 Å². The first kappa shape index (κ1) is 15.0. The normalized spacial score (nSPS) is 18.7. The third-order valence-electron chi connectivity index (χ3n) is 4.00. The van der Waals surface area contributed by atoms with E-state index in [0.717, 1.165) is 30.5 Å². The highest BCUT2D eigenvalue weighted by atomic mass is 16.3. The van der Waals surface area contributed by atoms with Crippen molar-refractivity contribution in [3.8, 4) is 0 Å². The van der Waals surface area contributed by atoms with Crippen LogP contribution in [-0.4, -0.2) is 33.9 Å². The Morgan fingerprint density at radius 2 is 2.40 bits per heavy atom. The lowest BCUT2D eigenvalue weighted by Gasteiger charge is -2.28. The number of carbonyl (C=O) groups excluding carboxylic acids is 1. The number of carbonyl (C=O) groups is 1. The van der Waals surface area contributed by atoms with Gasteiger partial charge in [0, 0.05) is 17.8 Å². The fourth-order valence-corrected chi connectivity index (χ4v) is 2.50. The van der Waals surface area contributed by atoms with Crippen LogP contribution in [0.25, 0.3) is 0 Å². The molecular formula is C14H24N4O2. The van der Waals surface area contributed by atoms with Gasteiger partial charge in [-0.1, -0.05) is 0 Å². The minimum absolute atomic E-state index is 0.00418. The maximum Gasteiger partial charge on any atom is 0.227 e. The van der Waals surface area contributed by atoms with Crippen molar-refractivity contribution in [2.24, 2.45) is 11.1 Å². The molecule has 0 radical (unpaired) electrons. The van der Waals surface area contributed by atoms with Crippen molar-refractivity contribution in [1.29, 1.82) is 0 Å². The molecule has 4 N–H and O–H groups in total. The van der Waals surface area contributed by atoms with E-state index in [1.807, 2.05) is 24.7 Å². The Hall–Kier alpha value is -1.40. The van der Waals surface area contributed by atoms with E-state index in [-0.39, 0.29) is 18.6 Å². The van der Waals surface area contributed by atoms with Crippen LogP contribution in [0.5, 0.6) is 0 Å².